The van der Waals surface area contributed by atoms with E-state index in [0.717, 1.165) is 32.0 Å². The Morgan fingerprint density at radius 2 is 2.15 bits per heavy atom. The molecular weight excluding hydrogens is 168 g/mol. The zero-order valence-electron chi connectivity index (χ0n) is 8.20. The largest absolute Gasteiger partial charge is 0.350 e. The quantitative estimate of drug-likeness (QED) is 0.593. The van der Waals surface area contributed by atoms with E-state index in [0.29, 0.717) is 13.2 Å². The molecule has 3 nitrogen and oxygen atoms in total. The van der Waals surface area contributed by atoms with E-state index in [2.05, 4.69) is 6.92 Å². The van der Waals surface area contributed by atoms with Crippen LogP contribution in [-0.2, 0) is 14.3 Å². The molecule has 0 aromatic heterocycles. The third-order valence-corrected chi connectivity index (χ3v) is 2.31. The molecule has 1 aliphatic heterocycles. The predicted octanol–water partition coefficient (Wildman–Crippen LogP) is 1.75. The fraction of sp³-hybridized carbons (Fsp3) is 0.900. The van der Waals surface area contributed by atoms with Gasteiger partial charge in [0.15, 0.2) is 6.29 Å². The molecule has 1 unspecified atom stereocenters. The fourth-order valence-electron chi connectivity index (χ4n) is 1.50. The third kappa shape index (κ3) is 3.87. The minimum atomic E-state index is -0.132. The van der Waals surface area contributed by atoms with Crippen molar-refractivity contribution >= 4 is 6.29 Å². The summed E-state index contributed by atoms with van der Waals surface area (Å²) >= 11 is 0. The lowest BCUT2D eigenvalue weighted by molar-refractivity contribution is -0.115. The molecule has 0 aromatic rings. The van der Waals surface area contributed by atoms with Gasteiger partial charge in [-0.3, -0.25) is 0 Å². The molecule has 3 heteroatoms. The standard InChI is InChI=1S/C10H18O3/c1-2-3-4-9(8-11)7-10-12-5-6-13-10/h8-10H,2-7H2,1H3. The summed E-state index contributed by atoms with van der Waals surface area (Å²) in [4.78, 5) is 10.7. The SMILES string of the molecule is CCCCC(C=O)CC1OCCO1. The Labute approximate surface area is 79.4 Å². The summed E-state index contributed by atoms with van der Waals surface area (Å²) < 4.78 is 10.6. The van der Waals surface area contributed by atoms with Crippen molar-refractivity contribution in [2.45, 2.75) is 38.9 Å². The van der Waals surface area contributed by atoms with E-state index < -0.39 is 0 Å². The maximum absolute atomic E-state index is 10.7. The lowest BCUT2D eigenvalue weighted by Crippen LogP contribution is -2.15. The van der Waals surface area contributed by atoms with Crippen LogP contribution in [0.2, 0.25) is 0 Å². The van der Waals surface area contributed by atoms with E-state index in [4.69, 9.17) is 9.47 Å². The molecule has 1 atom stereocenters. The van der Waals surface area contributed by atoms with Gasteiger partial charge in [0.05, 0.1) is 13.2 Å². The summed E-state index contributed by atoms with van der Waals surface area (Å²) in [5.74, 6) is 0.114. The highest BCUT2D eigenvalue weighted by molar-refractivity contribution is 5.53. The zero-order chi connectivity index (χ0) is 9.52. The van der Waals surface area contributed by atoms with Crippen LogP contribution in [-0.4, -0.2) is 25.8 Å². The fourth-order valence-corrected chi connectivity index (χ4v) is 1.50. The van der Waals surface area contributed by atoms with Crippen LogP contribution >= 0.6 is 0 Å². The minimum Gasteiger partial charge on any atom is -0.350 e. The molecule has 0 amide bonds. The summed E-state index contributed by atoms with van der Waals surface area (Å²) in [6, 6.07) is 0. The average molecular weight is 186 g/mol. The Balaban J connectivity index is 2.17. The highest BCUT2D eigenvalue weighted by Gasteiger charge is 2.20. The van der Waals surface area contributed by atoms with Crippen LogP contribution in [0, 0.1) is 5.92 Å². The second-order valence-corrected chi connectivity index (χ2v) is 3.45. The number of unbranched alkanes of at least 4 members (excludes halogenated alkanes) is 1. The number of ether oxygens (including phenoxy) is 2. The first kappa shape index (κ1) is 10.7. The van der Waals surface area contributed by atoms with Crippen molar-refractivity contribution in [2.75, 3.05) is 13.2 Å². The van der Waals surface area contributed by atoms with Crippen LogP contribution < -0.4 is 0 Å². The number of rotatable bonds is 6. The van der Waals surface area contributed by atoms with Crippen LogP contribution in [0.4, 0.5) is 0 Å². The van der Waals surface area contributed by atoms with Crippen molar-refractivity contribution in [3.63, 3.8) is 0 Å². The maximum Gasteiger partial charge on any atom is 0.158 e. The second-order valence-electron chi connectivity index (χ2n) is 3.45. The molecule has 1 aliphatic rings. The van der Waals surface area contributed by atoms with Gasteiger partial charge in [0.25, 0.3) is 0 Å². The van der Waals surface area contributed by atoms with Crippen molar-refractivity contribution in [3.05, 3.63) is 0 Å². The van der Waals surface area contributed by atoms with Crippen LogP contribution in [0.25, 0.3) is 0 Å². The summed E-state index contributed by atoms with van der Waals surface area (Å²) in [5, 5.41) is 0. The van der Waals surface area contributed by atoms with Gasteiger partial charge in [-0.2, -0.15) is 0 Å². The number of hydrogen-bond donors (Lipinski definition) is 0. The third-order valence-electron chi connectivity index (χ3n) is 2.31. The van der Waals surface area contributed by atoms with Crippen LogP contribution in [0.15, 0.2) is 0 Å². The molecule has 0 bridgehead atoms. The first-order valence-corrected chi connectivity index (χ1v) is 5.05. The van der Waals surface area contributed by atoms with E-state index in [1.807, 2.05) is 0 Å². The lowest BCUT2D eigenvalue weighted by Gasteiger charge is -2.13. The van der Waals surface area contributed by atoms with Crippen molar-refractivity contribution in [2.24, 2.45) is 5.92 Å². The Morgan fingerprint density at radius 1 is 1.46 bits per heavy atom. The minimum absolute atomic E-state index is 0.114. The van der Waals surface area contributed by atoms with Gasteiger partial charge in [-0.05, 0) is 6.42 Å². The summed E-state index contributed by atoms with van der Waals surface area (Å²) in [5.41, 5.74) is 0. The van der Waals surface area contributed by atoms with Crippen molar-refractivity contribution in [3.8, 4) is 0 Å². The summed E-state index contributed by atoms with van der Waals surface area (Å²) in [6.45, 7) is 3.47. The smallest absolute Gasteiger partial charge is 0.158 e. The molecule has 1 fully saturated rings. The molecule has 1 rings (SSSR count). The normalized spacial score (nSPS) is 20.4. The van der Waals surface area contributed by atoms with Crippen molar-refractivity contribution < 1.29 is 14.3 Å². The summed E-state index contributed by atoms with van der Waals surface area (Å²) in [7, 11) is 0. The zero-order valence-corrected chi connectivity index (χ0v) is 8.20. The van der Waals surface area contributed by atoms with Crippen molar-refractivity contribution in [1.82, 2.24) is 0 Å². The van der Waals surface area contributed by atoms with Crippen LogP contribution in [0.3, 0.4) is 0 Å². The van der Waals surface area contributed by atoms with Gasteiger partial charge in [0.2, 0.25) is 0 Å². The molecule has 1 saturated heterocycles. The number of aldehydes is 1. The van der Waals surface area contributed by atoms with E-state index in [1.165, 1.54) is 0 Å². The average Bonchev–Trinajstić information content (AvgIpc) is 2.64. The van der Waals surface area contributed by atoms with Gasteiger partial charge in [0.1, 0.15) is 6.29 Å². The molecule has 0 aromatic carbocycles. The molecular formula is C10H18O3. The van der Waals surface area contributed by atoms with E-state index in [9.17, 15) is 4.79 Å². The van der Waals surface area contributed by atoms with Gasteiger partial charge in [-0.15, -0.1) is 0 Å². The van der Waals surface area contributed by atoms with Gasteiger partial charge < -0.3 is 14.3 Å². The second kappa shape index (κ2) is 6.11. The van der Waals surface area contributed by atoms with Gasteiger partial charge in [-0.1, -0.05) is 19.8 Å². The monoisotopic (exact) mass is 186 g/mol. The van der Waals surface area contributed by atoms with Gasteiger partial charge in [0, 0.05) is 12.3 Å². The first-order valence-electron chi connectivity index (χ1n) is 5.05. The molecule has 76 valence electrons. The topological polar surface area (TPSA) is 35.5 Å². The molecule has 0 radical (unpaired) electrons. The van der Waals surface area contributed by atoms with E-state index in [1.54, 1.807) is 0 Å². The summed E-state index contributed by atoms with van der Waals surface area (Å²) in [6.07, 6.45) is 4.83. The maximum atomic E-state index is 10.7. The number of carbonyl (C=O) groups excluding carboxylic acids is 1. The molecule has 0 spiro atoms. The highest BCUT2D eigenvalue weighted by Crippen LogP contribution is 2.17. The molecule has 0 N–H and O–H groups in total. The molecule has 1 heterocycles. The van der Waals surface area contributed by atoms with Crippen LogP contribution in [0.5, 0.6) is 0 Å². The highest BCUT2D eigenvalue weighted by atomic mass is 16.7. The Morgan fingerprint density at radius 3 is 2.69 bits per heavy atom. The van der Waals surface area contributed by atoms with Gasteiger partial charge in [-0.25, -0.2) is 0 Å². The van der Waals surface area contributed by atoms with E-state index in [-0.39, 0.29) is 12.2 Å². The van der Waals surface area contributed by atoms with Crippen molar-refractivity contribution in [1.29, 1.82) is 0 Å². The van der Waals surface area contributed by atoms with Crippen LogP contribution in [0.1, 0.15) is 32.6 Å². The first-order chi connectivity index (χ1) is 6.36. The number of carbonyl (C=O) groups is 1. The molecule has 13 heavy (non-hydrogen) atoms. The molecule has 0 aliphatic carbocycles. The Kier molecular flexibility index (Phi) is 5.01. The lowest BCUT2D eigenvalue weighted by atomic mass is 10.00. The molecule has 0 saturated carbocycles. The van der Waals surface area contributed by atoms with E-state index >= 15 is 0 Å². The Bertz CT molecular complexity index is 141. The number of hydrogen-bond acceptors (Lipinski definition) is 3. The van der Waals surface area contributed by atoms with Gasteiger partial charge >= 0.3 is 0 Å². The predicted molar refractivity (Wildman–Crippen MR) is 49.4 cm³/mol. The Hall–Kier alpha value is -0.410.